The summed E-state index contributed by atoms with van der Waals surface area (Å²) in [5, 5.41) is 5.65. The van der Waals surface area contributed by atoms with Gasteiger partial charge in [0.15, 0.2) is 12.4 Å². The van der Waals surface area contributed by atoms with Crippen LogP contribution in [0.15, 0.2) is 156 Å². The molecule has 2 atom stereocenters. The number of nitrogens with zero attached hydrogens (tertiary/aromatic N) is 1. The van der Waals surface area contributed by atoms with Crippen LogP contribution in [0.25, 0.3) is 11.5 Å². The largest absolute Gasteiger partial charge is 0.457 e. The second kappa shape index (κ2) is 21.3. The predicted octanol–water partition coefficient (Wildman–Crippen LogP) is 7.89. The van der Waals surface area contributed by atoms with E-state index in [-0.39, 0.29) is 42.1 Å². The molecule has 290 valence electrons. The highest BCUT2D eigenvalue weighted by molar-refractivity contribution is 7.98. The molecule has 0 radical (unpaired) electrons. The minimum Gasteiger partial charge on any atom is -0.457 e. The summed E-state index contributed by atoms with van der Waals surface area (Å²) in [5.74, 6) is 0.0247. The van der Waals surface area contributed by atoms with Crippen LogP contribution in [0.3, 0.4) is 0 Å². The molecule has 6 rings (SSSR count). The number of ether oxygens (including phenoxy) is 2. The van der Waals surface area contributed by atoms with Crippen LogP contribution >= 0.6 is 23.5 Å². The van der Waals surface area contributed by atoms with Crippen molar-refractivity contribution in [2.24, 2.45) is 0 Å². The van der Waals surface area contributed by atoms with Gasteiger partial charge in [0.1, 0.15) is 24.4 Å². The van der Waals surface area contributed by atoms with E-state index in [1.54, 1.807) is 60.7 Å². The number of rotatable bonds is 19. The SMILES string of the molecule is O=C(N[C@@H](CSCc1ccccc1)C(=O)OCc1nc(-c2ccccc2)oc1COC(=O)[C@H](CSCc1ccccc1)NC(=O)c1ccccc1)c1ccccc1. The Balaban J connectivity index is 1.15. The van der Waals surface area contributed by atoms with Crippen molar-refractivity contribution >= 4 is 47.3 Å². The molecular weight excluding hydrogens is 759 g/mol. The van der Waals surface area contributed by atoms with E-state index in [1.165, 1.54) is 23.5 Å². The molecule has 0 aliphatic heterocycles. The zero-order chi connectivity index (χ0) is 39.7. The van der Waals surface area contributed by atoms with Gasteiger partial charge in [-0.2, -0.15) is 23.5 Å². The van der Waals surface area contributed by atoms with Crippen LogP contribution in [0.1, 0.15) is 43.3 Å². The number of amides is 2. The summed E-state index contributed by atoms with van der Waals surface area (Å²) in [5.41, 5.74) is 3.88. The lowest BCUT2D eigenvalue weighted by molar-refractivity contribution is -0.148. The first-order valence-corrected chi connectivity index (χ1v) is 20.6. The van der Waals surface area contributed by atoms with Gasteiger partial charge in [-0.25, -0.2) is 14.6 Å². The Morgan fingerprint density at radius 3 is 1.40 bits per heavy atom. The average molecular weight is 800 g/mol. The van der Waals surface area contributed by atoms with E-state index in [9.17, 15) is 19.2 Å². The number of carbonyl (C=O) groups excluding carboxylic acids is 4. The van der Waals surface area contributed by atoms with E-state index >= 15 is 0 Å². The molecule has 0 aliphatic rings. The summed E-state index contributed by atoms with van der Waals surface area (Å²) >= 11 is 2.97. The number of esters is 2. The van der Waals surface area contributed by atoms with Gasteiger partial charge in [-0.15, -0.1) is 0 Å². The highest BCUT2D eigenvalue weighted by Crippen LogP contribution is 2.24. The molecule has 0 spiro atoms. The smallest absolute Gasteiger partial charge is 0.329 e. The molecule has 12 heteroatoms. The van der Waals surface area contributed by atoms with Gasteiger partial charge in [0.05, 0.1) is 0 Å². The molecule has 0 aliphatic carbocycles. The van der Waals surface area contributed by atoms with Gasteiger partial charge in [0.25, 0.3) is 11.8 Å². The summed E-state index contributed by atoms with van der Waals surface area (Å²) in [6.45, 7) is -0.655. The third kappa shape index (κ3) is 12.4. The first-order chi connectivity index (χ1) is 27.9. The maximum Gasteiger partial charge on any atom is 0.329 e. The van der Waals surface area contributed by atoms with E-state index in [0.29, 0.717) is 28.2 Å². The minimum absolute atomic E-state index is 0.170. The highest BCUT2D eigenvalue weighted by atomic mass is 32.2. The second-order valence-electron chi connectivity index (χ2n) is 12.8. The van der Waals surface area contributed by atoms with Crippen molar-refractivity contribution in [1.29, 1.82) is 0 Å². The lowest BCUT2D eigenvalue weighted by atomic mass is 10.2. The molecule has 1 heterocycles. The molecular formula is C45H41N3O7S2. The Morgan fingerprint density at radius 1 is 0.544 bits per heavy atom. The van der Waals surface area contributed by atoms with Crippen molar-refractivity contribution in [2.75, 3.05) is 11.5 Å². The monoisotopic (exact) mass is 799 g/mol. The van der Waals surface area contributed by atoms with Crippen molar-refractivity contribution < 1.29 is 33.1 Å². The molecule has 0 unspecified atom stereocenters. The van der Waals surface area contributed by atoms with Crippen molar-refractivity contribution in [3.63, 3.8) is 0 Å². The number of nitrogens with one attached hydrogen (secondary N) is 2. The number of oxazole rings is 1. The van der Waals surface area contributed by atoms with Gasteiger partial charge in [-0.3, -0.25) is 9.59 Å². The van der Waals surface area contributed by atoms with E-state index in [2.05, 4.69) is 15.6 Å². The minimum atomic E-state index is -0.980. The lowest BCUT2D eigenvalue weighted by Gasteiger charge is -2.18. The topological polar surface area (TPSA) is 137 Å². The third-order valence-electron chi connectivity index (χ3n) is 8.54. The number of carbonyl (C=O) groups is 4. The molecule has 5 aromatic carbocycles. The summed E-state index contributed by atoms with van der Waals surface area (Å²) in [6.07, 6.45) is 0. The van der Waals surface area contributed by atoms with Crippen molar-refractivity contribution in [2.45, 2.75) is 36.8 Å². The standard InChI is InChI=1S/C45H41N3O7S2/c49-41(34-20-10-3-11-21-34)46-38(30-56-28-32-16-6-1-7-17-32)44(51)53-26-37-40(55-43(48-37)36-24-14-5-15-25-36)27-54-45(52)39(31-57-29-33-18-8-2-9-19-33)47-42(50)35-22-12-4-13-23-35/h1-25,38-39H,26-31H2,(H,46,49)(H,47,50)/t38-,39-/m0/s1. The number of thioether (sulfide) groups is 2. The zero-order valence-corrected chi connectivity index (χ0v) is 32.6. The number of hydrogen-bond donors (Lipinski definition) is 2. The Hall–Kier alpha value is -6.11. The average Bonchev–Trinajstić information content (AvgIpc) is 3.68. The number of hydrogen-bond acceptors (Lipinski definition) is 10. The quantitative estimate of drug-likeness (QED) is 0.0779. The number of aromatic nitrogens is 1. The van der Waals surface area contributed by atoms with Crippen LogP contribution in [-0.2, 0) is 43.8 Å². The molecule has 6 aromatic rings. The fourth-order valence-corrected chi connectivity index (χ4v) is 7.53. The first kappa shape index (κ1) is 40.6. The van der Waals surface area contributed by atoms with Crippen LogP contribution in [-0.4, -0.2) is 52.3 Å². The van der Waals surface area contributed by atoms with Gasteiger partial charge < -0.3 is 24.5 Å². The van der Waals surface area contributed by atoms with Crippen LogP contribution in [0.4, 0.5) is 0 Å². The Bertz CT molecular complexity index is 2050. The normalized spacial score (nSPS) is 11.9. The van der Waals surface area contributed by atoms with Gasteiger partial charge in [0.2, 0.25) is 5.89 Å². The second-order valence-corrected chi connectivity index (χ2v) is 14.8. The predicted molar refractivity (Wildman–Crippen MR) is 222 cm³/mol. The molecule has 57 heavy (non-hydrogen) atoms. The van der Waals surface area contributed by atoms with Crippen molar-refractivity contribution in [3.05, 3.63) is 185 Å². The molecule has 0 fully saturated rings. The van der Waals surface area contributed by atoms with Gasteiger partial charge in [0, 0.05) is 39.7 Å². The Labute approximate surface area is 339 Å². The molecule has 2 N–H and O–H groups in total. The summed E-state index contributed by atoms with van der Waals surface area (Å²) in [4.78, 5) is 58.2. The van der Waals surface area contributed by atoms with E-state index in [4.69, 9.17) is 13.9 Å². The summed E-state index contributed by atoms with van der Waals surface area (Å²) in [6, 6.07) is 44.1. The maximum atomic E-state index is 13.7. The summed E-state index contributed by atoms with van der Waals surface area (Å²) < 4.78 is 17.7. The maximum absolute atomic E-state index is 13.7. The molecule has 0 saturated carbocycles. The summed E-state index contributed by atoms with van der Waals surface area (Å²) in [7, 11) is 0. The van der Waals surface area contributed by atoms with Crippen molar-refractivity contribution in [3.8, 4) is 11.5 Å². The Morgan fingerprint density at radius 2 is 0.947 bits per heavy atom. The van der Waals surface area contributed by atoms with E-state index < -0.39 is 35.8 Å². The molecule has 0 saturated heterocycles. The Kier molecular flexibility index (Phi) is 15.1. The van der Waals surface area contributed by atoms with Crippen LogP contribution < -0.4 is 10.6 Å². The van der Waals surface area contributed by atoms with Crippen LogP contribution in [0.2, 0.25) is 0 Å². The fraction of sp³-hybridized carbons (Fsp3) is 0.178. The van der Waals surface area contributed by atoms with Gasteiger partial charge >= 0.3 is 11.9 Å². The first-order valence-electron chi connectivity index (χ1n) is 18.3. The third-order valence-corrected chi connectivity index (χ3v) is 10.8. The highest BCUT2D eigenvalue weighted by Gasteiger charge is 2.27. The van der Waals surface area contributed by atoms with Crippen LogP contribution in [0.5, 0.6) is 0 Å². The van der Waals surface area contributed by atoms with Crippen molar-refractivity contribution in [1.82, 2.24) is 15.6 Å². The van der Waals surface area contributed by atoms with Gasteiger partial charge in [-0.1, -0.05) is 115 Å². The van der Waals surface area contributed by atoms with E-state index in [0.717, 1.165) is 11.1 Å². The molecule has 2 amide bonds. The fourth-order valence-electron chi connectivity index (χ4n) is 5.53. The van der Waals surface area contributed by atoms with E-state index in [1.807, 2.05) is 91.0 Å². The lowest BCUT2D eigenvalue weighted by Crippen LogP contribution is -2.43. The molecule has 0 bridgehead atoms. The molecule has 10 nitrogen and oxygen atoms in total. The van der Waals surface area contributed by atoms with Gasteiger partial charge in [-0.05, 0) is 47.5 Å². The zero-order valence-electron chi connectivity index (χ0n) is 31.0. The molecule has 1 aromatic heterocycles. The van der Waals surface area contributed by atoms with Crippen LogP contribution in [0, 0.1) is 0 Å². The number of benzene rings is 5.